The number of rotatable bonds is 2. The first kappa shape index (κ1) is 17.5. The van der Waals surface area contributed by atoms with Crippen LogP contribution in [0.3, 0.4) is 0 Å². The van der Waals surface area contributed by atoms with Crippen molar-refractivity contribution in [3.63, 3.8) is 0 Å². The lowest BCUT2D eigenvalue weighted by Gasteiger charge is -2.41. The number of ether oxygens (including phenoxy) is 1. The summed E-state index contributed by atoms with van der Waals surface area (Å²) in [4.78, 5) is 27.7. The van der Waals surface area contributed by atoms with Gasteiger partial charge in [-0.2, -0.15) is 0 Å². The van der Waals surface area contributed by atoms with Gasteiger partial charge in [0.05, 0.1) is 19.2 Å². The fourth-order valence-electron chi connectivity index (χ4n) is 4.05. The fourth-order valence-corrected chi connectivity index (χ4v) is 4.05. The maximum Gasteiger partial charge on any atom is 0.312 e. The molecule has 0 aromatic carbocycles. The Morgan fingerprint density at radius 1 is 1.08 bits per heavy atom. The first-order chi connectivity index (χ1) is 11.4. The Morgan fingerprint density at radius 3 is 2.58 bits per heavy atom. The number of carbonyl (C=O) groups is 2. The Morgan fingerprint density at radius 2 is 1.83 bits per heavy atom. The van der Waals surface area contributed by atoms with E-state index in [2.05, 4.69) is 0 Å². The Balaban J connectivity index is 1.68. The third kappa shape index (κ3) is 3.26. The molecular formula is C16H25F2N3O3. The van der Waals surface area contributed by atoms with Crippen molar-refractivity contribution in [2.45, 2.75) is 37.6 Å². The zero-order chi connectivity index (χ0) is 17.3. The van der Waals surface area contributed by atoms with Crippen molar-refractivity contribution < 1.29 is 23.1 Å². The van der Waals surface area contributed by atoms with E-state index in [9.17, 15) is 18.4 Å². The highest BCUT2D eigenvalue weighted by Gasteiger charge is 2.47. The molecule has 0 aliphatic carbocycles. The molecule has 3 aliphatic rings. The zero-order valence-corrected chi connectivity index (χ0v) is 13.8. The van der Waals surface area contributed by atoms with Crippen molar-refractivity contribution in [1.82, 2.24) is 9.80 Å². The second-order valence-corrected chi connectivity index (χ2v) is 7.07. The van der Waals surface area contributed by atoms with E-state index < -0.39 is 30.3 Å². The van der Waals surface area contributed by atoms with Crippen LogP contribution in [0.25, 0.3) is 0 Å². The van der Waals surface area contributed by atoms with Crippen LogP contribution < -0.4 is 5.73 Å². The van der Waals surface area contributed by atoms with Crippen molar-refractivity contribution in [3.8, 4) is 0 Å². The first-order valence-corrected chi connectivity index (χ1v) is 8.69. The molecule has 3 rings (SSSR count). The van der Waals surface area contributed by atoms with Gasteiger partial charge >= 0.3 is 11.8 Å². The third-order valence-corrected chi connectivity index (χ3v) is 5.55. The van der Waals surface area contributed by atoms with E-state index in [0.717, 1.165) is 11.3 Å². The summed E-state index contributed by atoms with van der Waals surface area (Å²) in [6, 6.07) is -1.28. The molecule has 0 radical (unpaired) electrons. The summed E-state index contributed by atoms with van der Waals surface area (Å²) in [7, 11) is 0. The predicted molar refractivity (Wildman–Crippen MR) is 82.3 cm³/mol. The van der Waals surface area contributed by atoms with Crippen molar-refractivity contribution >= 4 is 11.8 Å². The average molecular weight is 345 g/mol. The number of piperidine rings is 2. The molecule has 6 nitrogen and oxygen atoms in total. The normalized spacial score (nSPS) is 31.0. The monoisotopic (exact) mass is 345 g/mol. The largest absolute Gasteiger partial charge is 0.381 e. The Labute approximate surface area is 140 Å². The summed E-state index contributed by atoms with van der Waals surface area (Å²) >= 11 is 0. The number of alkyl halides is 2. The van der Waals surface area contributed by atoms with Gasteiger partial charge in [-0.15, -0.1) is 0 Å². The van der Waals surface area contributed by atoms with Gasteiger partial charge in [-0.05, 0) is 31.6 Å². The number of amides is 2. The molecule has 3 atom stereocenters. The SMILES string of the molecule is NCC(F)(F)C1CCCCN1C(=O)C(=O)N1CCC2COCC2C1. The van der Waals surface area contributed by atoms with Crippen LogP contribution in [0, 0.1) is 11.8 Å². The lowest BCUT2D eigenvalue weighted by atomic mass is 9.88. The minimum absolute atomic E-state index is 0.182. The molecule has 3 aliphatic heterocycles. The minimum atomic E-state index is -3.16. The number of hydrogen-bond acceptors (Lipinski definition) is 4. The van der Waals surface area contributed by atoms with E-state index >= 15 is 0 Å². The zero-order valence-electron chi connectivity index (χ0n) is 13.8. The van der Waals surface area contributed by atoms with Gasteiger partial charge in [0.1, 0.15) is 0 Å². The molecule has 0 spiro atoms. The van der Waals surface area contributed by atoms with Crippen molar-refractivity contribution in [2.24, 2.45) is 17.6 Å². The number of halogens is 2. The van der Waals surface area contributed by atoms with Crippen LogP contribution in [0.1, 0.15) is 25.7 Å². The Hall–Kier alpha value is -1.28. The molecule has 8 heteroatoms. The number of hydrogen-bond donors (Lipinski definition) is 1. The molecule has 3 saturated heterocycles. The third-order valence-electron chi connectivity index (χ3n) is 5.55. The average Bonchev–Trinajstić information content (AvgIpc) is 3.08. The van der Waals surface area contributed by atoms with Gasteiger partial charge in [-0.3, -0.25) is 9.59 Å². The highest BCUT2D eigenvalue weighted by molar-refractivity contribution is 6.35. The Kier molecular flexibility index (Phi) is 5.05. The maximum absolute atomic E-state index is 14.1. The molecule has 2 amide bonds. The number of carbonyl (C=O) groups excluding carboxylic acids is 2. The van der Waals surface area contributed by atoms with Gasteiger partial charge in [0.2, 0.25) is 0 Å². The summed E-state index contributed by atoms with van der Waals surface area (Å²) < 4.78 is 33.6. The summed E-state index contributed by atoms with van der Waals surface area (Å²) in [5, 5.41) is 0. The molecule has 136 valence electrons. The van der Waals surface area contributed by atoms with E-state index in [-0.39, 0.29) is 18.9 Å². The smallest absolute Gasteiger partial charge is 0.312 e. The summed E-state index contributed by atoms with van der Waals surface area (Å²) in [6.45, 7) is 1.63. The van der Waals surface area contributed by atoms with Crippen LogP contribution >= 0.6 is 0 Å². The van der Waals surface area contributed by atoms with E-state index in [1.807, 2.05) is 0 Å². The summed E-state index contributed by atoms with van der Waals surface area (Å²) in [5.41, 5.74) is 5.18. The predicted octanol–water partition coefficient (Wildman–Crippen LogP) is 0.456. The lowest BCUT2D eigenvalue weighted by Crippen LogP contribution is -2.59. The highest BCUT2D eigenvalue weighted by atomic mass is 19.3. The van der Waals surface area contributed by atoms with Crippen LogP contribution in [0.5, 0.6) is 0 Å². The van der Waals surface area contributed by atoms with Gasteiger partial charge in [-0.25, -0.2) is 8.78 Å². The first-order valence-electron chi connectivity index (χ1n) is 8.69. The molecule has 2 N–H and O–H groups in total. The molecule has 3 unspecified atom stereocenters. The van der Waals surface area contributed by atoms with Crippen LogP contribution in [-0.2, 0) is 14.3 Å². The summed E-state index contributed by atoms with van der Waals surface area (Å²) in [5.74, 6) is -3.96. The van der Waals surface area contributed by atoms with Gasteiger partial charge in [0.15, 0.2) is 0 Å². The lowest BCUT2D eigenvalue weighted by molar-refractivity contribution is -0.162. The standard InChI is InChI=1S/C16H25F2N3O3/c17-16(18,10-19)13-3-1-2-5-21(13)15(23)14(22)20-6-4-11-8-24-9-12(11)7-20/h11-13H,1-10,19H2. The van der Waals surface area contributed by atoms with Crippen molar-refractivity contribution in [1.29, 1.82) is 0 Å². The molecule has 0 aromatic rings. The van der Waals surface area contributed by atoms with Gasteiger partial charge in [0, 0.05) is 32.2 Å². The number of likely N-dealkylation sites (tertiary alicyclic amines) is 2. The topological polar surface area (TPSA) is 75.9 Å². The van der Waals surface area contributed by atoms with E-state index in [4.69, 9.17) is 10.5 Å². The fraction of sp³-hybridized carbons (Fsp3) is 0.875. The number of nitrogens with two attached hydrogens (primary N) is 1. The Bertz CT molecular complexity index is 503. The van der Waals surface area contributed by atoms with Gasteiger partial charge in [-0.1, -0.05) is 0 Å². The van der Waals surface area contributed by atoms with Gasteiger partial charge < -0.3 is 20.3 Å². The van der Waals surface area contributed by atoms with Crippen LogP contribution in [-0.4, -0.2) is 73.0 Å². The van der Waals surface area contributed by atoms with Crippen LogP contribution in [0.15, 0.2) is 0 Å². The molecule has 0 aromatic heterocycles. The summed E-state index contributed by atoms with van der Waals surface area (Å²) in [6.07, 6.45) is 2.23. The number of fused-ring (bicyclic) bond motifs is 1. The maximum atomic E-state index is 14.1. The minimum Gasteiger partial charge on any atom is -0.381 e. The second kappa shape index (κ2) is 6.92. The highest BCUT2D eigenvalue weighted by Crippen LogP contribution is 2.32. The quantitative estimate of drug-likeness (QED) is 0.738. The second-order valence-electron chi connectivity index (χ2n) is 7.07. The molecule has 0 saturated carbocycles. The van der Waals surface area contributed by atoms with Crippen molar-refractivity contribution in [2.75, 3.05) is 39.4 Å². The van der Waals surface area contributed by atoms with Crippen LogP contribution in [0.2, 0.25) is 0 Å². The molecule has 3 heterocycles. The van der Waals surface area contributed by atoms with E-state index in [1.54, 1.807) is 0 Å². The molecule has 0 bridgehead atoms. The molecule has 3 fully saturated rings. The van der Waals surface area contributed by atoms with Crippen molar-refractivity contribution in [3.05, 3.63) is 0 Å². The van der Waals surface area contributed by atoms with E-state index in [0.29, 0.717) is 45.1 Å². The number of nitrogens with zero attached hydrogens (tertiary/aromatic N) is 2. The molecule has 24 heavy (non-hydrogen) atoms. The van der Waals surface area contributed by atoms with E-state index in [1.165, 1.54) is 4.90 Å². The van der Waals surface area contributed by atoms with Crippen LogP contribution in [0.4, 0.5) is 8.78 Å². The molecular weight excluding hydrogens is 320 g/mol. The van der Waals surface area contributed by atoms with Gasteiger partial charge in [0.25, 0.3) is 5.92 Å².